The fourth-order valence-corrected chi connectivity index (χ4v) is 4.05. The maximum Gasteiger partial charge on any atom is 0.208 e. The molecule has 2 fully saturated rings. The molecule has 4 rings (SSSR count). The zero-order chi connectivity index (χ0) is 14.9. The van der Waals surface area contributed by atoms with Crippen molar-refractivity contribution in [3.05, 3.63) is 40.9 Å². The van der Waals surface area contributed by atoms with Crippen molar-refractivity contribution in [2.24, 2.45) is 0 Å². The number of nitrogens with zero attached hydrogens (tertiary/aromatic N) is 4. The Hall–Kier alpha value is -1.50. The first-order chi connectivity index (χ1) is 10.8. The second kappa shape index (κ2) is 5.95. The molecule has 116 valence electrons. The molecule has 1 aromatic heterocycles. The highest BCUT2D eigenvalue weighted by molar-refractivity contribution is 7.15. The van der Waals surface area contributed by atoms with Gasteiger partial charge in [0, 0.05) is 38.6 Å². The molecule has 22 heavy (non-hydrogen) atoms. The summed E-state index contributed by atoms with van der Waals surface area (Å²) in [6.45, 7) is 3.86. The van der Waals surface area contributed by atoms with Gasteiger partial charge in [-0.05, 0) is 12.0 Å². The monoisotopic (exact) mass is 316 g/mol. The Morgan fingerprint density at radius 1 is 1.14 bits per heavy atom. The Morgan fingerprint density at radius 3 is 2.68 bits per heavy atom. The van der Waals surface area contributed by atoms with Crippen LogP contribution in [-0.2, 0) is 6.42 Å². The Morgan fingerprint density at radius 2 is 1.95 bits per heavy atom. The number of aliphatic hydroxyl groups is 1. The summed E-state index contributed by atoms with van der Waals surface area (Å²) in [7, 11) is 0. The topological polar surface area (TPSA) is 52.5 Å². The van der Waals surface area contributed by atoms with Gasteiger partial charge in [0.15, 0.2) is 0 Å². The van der Waals surface area contributed by atoms with Crippen molar-refractivity contribution in [1.82, 2.24) is 15.1 Å². The molecule has 0 amide bonds. The van der Waals surface area contributed by atoms with E-state index in [-0.39, 0.29) is 6.10 Å². The smallest absolute Gasteiger partial charge is 0.208 e. The molecule has 0 unspecified atom stereocenters. The van der Waals surface area contributed by atoms with Gasteiger partial charge in [0.25, 0.3) is 0 Å². The highest BCUT2D eigenvalue weighted by atomic mass is 32.1. The van der Waals surface area contributed by atoms with Crippen LogP contribution >= 0.6 is 11.3 Å². The van der Waals surface area contributed by atoms with Gasteiger partial charge in [-0.2, -0.15) is 0 Å². The van der Waals surface area contributed by atoms with Gasteiger partial charge in [0.2, 0.25) is 5.13 Å². The third-order valence-electron chi connectivity index (χ3n) is 4.50. The van der Waals surface area contributed by atoms with Crippen LogP contribution < -0.4 is 4.90 Å². The average Bonchev–Trinajstić information content (AvgIpc) is 3.09. The maximum atomic E-state index is 9.62. The Balaban J connectivity index is 1.33. The summed E-state index contributed by atoms with van der Waals surface area (Å²) in [5.41, 5.74) is 1.28. The standard InChI is InChI=1S/C16H20N4OS/c21-14-6-7-19(11-14)13-9-20(10-13)16-18-17-15(22-16)8-12-4-2-1-3-5-12/h1-5,13-14,21H,6-11H2/t14-/m1/s1. The lowest BCUT2D eigenvalue weighted by atomic mass is 10.1. The van der Waals surface area contributed by atoms with Crippen LogP contribution in [0.5, 0.6) is 0 Å². The van der Waals surface area contributed by atoms with Gasteiger partial charge < -0.3 is 10.0 Å². The molecule has 0 radical (unpaired) electrons. The molecule has 0 bridgehead atoms. The van der Waals surface area contributed by atoms with Crippen molar-refractivity contribution in [2.75, 3.05) is 31.1 Å². The van der Waals surface area contributed by atoms with Crippen molar-refractivity contribution in [2.45, 2.75) is 25.0 Å². The molecule has 0 aliphatic carbocycles. The summed E-state index contributed by atoms with van der Waals surface area (Å²) in [6, 6.07) is 11.0. The van der Waals surface area contributed by atoms with Crippen molar-refractivity contribution in [3.8, 4) is 0 Å². The Kier molecular flexibility index (Phi) is 3.82. The van der Waals surface area contributed by atoms with Crippen LogP contribution in [0.2, 0.25) is 0 Å². The van der Waals surface area contributed by atoms with Gasteiger partial charge in [-0.15, -0.1) is 10.2 Å². The maximum absolute atomic E-state index is 9.62. The molecule has 1 N–H and O–H groups in total. The lowest BCUT2D eigenvalue weighted by Crippen LogP contribution is -2.59. The molecule has 6 heteroatoms. The van der Waals surface area contributed by atoms with E-state index < -0.39 is 0 Å². The van der Waals surface area contributed by atoms with E-state index in [4.69, 9.17) is 0 Å². The van der Waals surface area contributed by atoms with E-state index in [1.54, 1.807) is 11.3 Å². The van der Waals surface area contributed by atoms with Gasteiger partial charge >= 0.3 is 0 Å². The summed E-state index contributed by atoms with van der Waals surface area (Å²) in [4.78, 5) is 4.69. The second-order valence-corrected chi connectivity index (χ2v) is 7.18. The molecule has 2 aromatic rings. The summed E-state index contributed by atoms with van der Waals surface area (Å²) in [5.74, 6) is 0. The third kappa shape index (κ3) is 2.86. The van der Waals surface area contributed by atoms with E-state index in [0.717, 1.165) is 49.2 Å². The number of hydrogen-bond donors (Lipinski definition) is 1. The molecule has 0 saturated carbocycles. The van der Waals surface area contributed by atoms with E-state index in [0.29, 0.717) is 6.04 Å². The first kappa shape index (κ1) is 14.1. The van der Waals surface area contributed by atoms with Crippen molar-refractivity contribution >= 4 is 16.5 Å². The zero-order valence-electron chi connectivity index (χ0n) is 12.4. The quantitative estimate of drug-likeness (QED) is 0.924. The SMILES string of the molecule is O[C@@H]1CCN(C2CN(c3nnc(Cc4ccccc4)s3)C2)C1. The molecular formula is C16H20N4OS. The van der Waals surface area contributed by atoms with Crippen LogP contribution in [0.4, 0.5) is 5.13 Å². The van der Waals surface area contributed by atoms with Gasteiger partial charge in [-0.1, -0.05) is 41.7 Å². The van der Waals surface area contributed by atoms with E-state index in [9.17, 15) is 5.11 Å². The fraction of sp³-hybridized carbons (Fsp3) is 0.500. The van der Waals surface area contributed by atoms with Crippen LogP contribution in [0.3, 0.4) is 0 Å². The molecule has 3 heterocycles. The minimum absolute atomic E-state index is 0.131. The normalized spacial score (nSPS) is 23.0. The highest BCUT2D eigenvalue weighted by Gasteiger charge is 2.36. The largest absolute Gasteiger partial charge is 0.392 e. The molecule has 1 atom stereocenters. The fourth-order valence-electron chi connectivity index (χ4n) is 3.16. The number of β-amino-alcohol motifs (C(OH)–C–C–N with tert-alkyl or cyclic N) is 1. The summed E-state index contributed by atoms with van der Waals surface area (Å²) in [5, 5.41) is 20.4. The number of rotatable bonds is 4. The van der Waals surface area contributed by atoms with Crippen LogP contribution in [0.15, 0.2) is 30.3 Å². The number of anilines is 1. The van der Waals surface area contributed by atoms with E-state index in [1.807, 2.05) is 6.07 Å². The Bertz CT molecular complexity index is 626. The van der Waals surface area contributed by atoms with Gasteiger partial charge in [0.05, 0.1) is 6.10 Å². The number of hydrogen-bond acceptors (Lipinski definition) is 6. The van der Waals surface area contributed by atoms with Crippen LogP contribution in [0.25, 0.3) is 0 Å². The summed E-state index contributed by atoms with van der Waals surface area (Å²) < 4.78 is 0. The van der Waals surface area contributed by atoms with Crippen molar-refractivity contribution in [1.29, 1.82) is 0 Å². The summed E-state index contributed by atoms with van der Waals surface area (Å²) in [6.07, 6.45) is 1.64. The lowest BCUT2D eigenvalue weighted by Gasteiger charge is -2.43. The van der Waals surface area contributed by atoms with Crippen LogP contribution in [-0.4, -0.2) is 58.5 Å². The second-order valence-electron chi connectivity index (χ2n) is 6.14. The Labute approximate surface area is 134 Å². The predicted molar refractivity (Wildman–Crippen MR) is 87.4 cm³/mol. The first-order valence-electron chi connectivity index (χ1n) is 7.81. The molecule has 2 aliphatic heterocycles. The van der Waals surface area contributed by atoms with Gasteiger partial charge in [-0.3, -0.25) is 4.90 Å². The average molecular weight is 316 g/mol. The molecule has 5 nitrogen and oxygen atoms in total. The van der Waals surface area contributed by atoms with E-state index in [2.05, 4.69) is 44.3 Å². The van der Waals surface area contributed by atoms with E-state index >= 15 is 0 Å². The van der Waals surface area contributed by atoms with Crippen LogP contribution in [0.1, 0.15) is 17.0 Å². The first-order valence-corrected chi connectivity index (χ1v) is 8.63. The number of aliphatic hydroxyl groups excluding tert-OH is 1. The van der Waals surface area contributed by atoms with Crippen molar-refractivity contribution in [3.63, 3.8) is 0 Å². The predicted octanol–water partition coefficient (Wildman–Crippen LogP) is 1.38. The molecule has 2 aliphatic rings. The van der Waals surface area contributed by atoms with Crippen molar-refractivity contribution < 1.29 is 5.11 Å². The summed E-state index contributed by atoms with van der Waals surface area (Å²) >= 11 is 1.69. The molecule has 0 spiro atoms. The van der Waals surface area contributed by atoms with Gasteiger partial charge in [0.1, 0.15) is 5.01 Å². The number of likely N-dealkylation sites (tertiary alicyclic amines) is 1. The number of benzene rings is 1. The lowest BCUT2D eigenvalue weighted by molar-refractivity contribution is 0.147. The molecular weight excluding hydrogens is 296 g/mol. The minimum Gasteiger partial charge on any atom is -0.392 e. The van der Waals surface area contributed by atoms with Crippen LogP contribution in [0, 0.1) is 0 Å². The van der Waals surface area contributed by atoms with Gasteiger partial charge in [-0.25, -0.2) is 0 Å². The third-order valence-corrected chi connectivity index (χ3v) is 5.48. The highest BCUT2D eigenvalue weighted by Crippen LogP contribution is 2.29. The minimum atomic E-state index is -0.131. The molecule has 2 saturated heterocycles. The number of aromatic nitrogens is 2. The molecule has 1 aromatic carbocycles. The zero-order valence-corrected chi connectivity index (χ0v) is 13.2. The van der Waals surface area contributed by atoms with E-state index in [1.165, 1.54) is 5.56 Å².